The van der Waals surface area contributed by atoms with E-state index >= 15 is 0 Å². The van der Waals surface area contributed by atoms with E-state index in [4.69, 9.17) is 4.74 Å². The molecule has 65 heavy (non-hydrogen) atoms. The summed E-state index contributed by atoms with van der Waals surface area (Å²) in [5.74, 6) is -0.101. The van der Waals surface area contributed by atoms with Crippen LogP contribution in [0.4, 0.5) is 0 Å². The van der Waals surface area contributed by atoms with Crippen molar-refractivity contribution in [3.63, 3.8) is 0 Å². The number of carbonyl (C=O) groups excluding carboxylic acids is 2. The Labute approximate surface area is 404 Å². The zero-order chi connectivity index (χ0) is 47.2. The van der Waals surface area contributed by atoms with Crippen LogP contribution in [-0.4, -0.2) is 47.4 Å². The van der Waals surface area contributed by atoms with E-state index < -0.39 is 12.1 Å². The Morgan fingerprint density at radius 3 is 1.22 bits per heavy atom. The summed E-state index contributed by atoms with van der Waals surface area (Å²) in [4.78, 5) is 24.5. The molecule has 6 heteroatoms. The average Bonchev–Trinajstić information content (AvgIpc) is 3.31. The number of amides is 1. The van der Waals surface area contributed by atoms with Crippen molar-refractivity contribution in [2.24, 2.45) is 0 Å². The molecule has 2 atom stereocenters. The lowest BCUT2D eigenvalue weighted by molar-refractivity contribution is -0.143. The predicted molar refractivity (Wildman–Crippen MR) is 283 cm³/mol. The number of nitrogens with one attached hydrogen (secondary N) is 1. The van der Waals surface area contributed by atoms with Crippen molar-refractivity contribution in [2.45, 2.75) is 315 Å². The molecule has 6 nitrogen and oxygen atoms in total. The van der Waals surface area contributed by atoms with Gasteiger partial charge in [0.2, 0.25) is 5.91 Å². The number of hydrogen-bond acceptors (Lipinski definition) is 5. The third-order valence-corrected chi connectivity index (χ3v) is 13.2. The molecule has 0 aromatic rings. The molecule has 2 unspecified atom stereocenters. The van der Waals surface area contributed by atoms with Gasteiger partial charge in [-0.2, -0.15) is 0 Å². The Hall–Kier alpha value is -1.92. The second kappa shape index (κ2) is 54.7. The normalized spacial score (nSPS) is 12.9. The molecule has 382 valence electrons. The monoisotopic (exact) mass is 914 g/mol. The first kappa shape index (κ1) is 63.1. The number of rotatable bonds is 53. The molecule has 0 rings (SSSR count). The van der Waals surface area contributed by atoms with Crippen molar-refractivity contribution in [3.05, 3.63) is 36.5 Å². The fourth-order valence-corrected chi connectivity index (χ4v) is 8.71. The minimum Gasteiger partial charge on any atom is -0.466 e. The Morgan fingerprint density at radius 1 is 0.431 bits per heavy atom. The molecule has 0 radical (unpaired) electrons. The average molecular weight is 915 g/mol. The molecule has 0 aliphatic carbocycles. The number of ether oxygens (including phenoxy) is 1. The van der Waals surface area contributed by atoms with Gasteiger partial charge in [0.15, 0.2) is 0 Å². The molecule has 3 N–H and O–H groups in total. The van der Waals surface area contributed by atoms with Crippen molar-refractivity contribution in [2.75, 3.05) is 13.2 Å². The molecule has 0 aromatic heterocycles. The summed E-state index contributed by atoms with van der Waals surface area (Å²) in [5.41, 5.74) is 0. The Bertz CT molecular complexity index is 1060. The second-order valence-electron chi connectivity index (χ2n) is 19.6. The molecule has 0 heterocycles. The van der Waals surface area contributed by atoms with Gasteiger partial charge in [-0.05, 0) is 57.8 Å². The van der Waals surface area contributed by atoms with Crippen LogP contribution in [-0.2, 0) is 14.3 Å². The third kappa shape index (κ3) is 51.3. The molecule has 0 saturated heterocycles. The third-order valence-electron chi connectivity index (χ3n) is 13.2. The quantitative estimate of drug-likeness (QED) is 0.0321. The van der Waals surface area contributed by atoms with Crippen LogP contribution in [0.1, 0.15) is 303 Å². The highest BCUT2D eigenvalue weighted by Crippen LogP contribution is 2.17. The van der Waals surface area contributed by atoms with Gasteiger partial charge < -0.3 is 20.3 Å². The summed E-state index contributed by atoms with van der Waals surface area (Å²) in [6, 6.07) is -0.639. The maximum atomic E-state index is 12.5. The van der Waals surface area contributed by atoms with Gasteiger partial charge in [0.05, 0.1) is 25.4 Å². The van der Waals surface area contributed by atoms with Crippen LogP contribution in [0.15, 0.2) is 36.5 Å². The molecule has 0 fully saturated rings. The topological polar surface area (TPSA) is 95.9 Å². The summed E-state index contributed by atoms with van der Waals surface area (Å²) < 4.78 is 5.46. The number of aliphatic hydroxyl groups excluding tert-OH is 2. The van der Waals surface area contributed by atoms with Crippen LogP contribution in [0.25, 0.3) is 0 Å². The standard InChI is InChI=1S/C59H111NO5/c1-3-5-7-9-11-13-15-17-19-20-21-22-23-24-25-27-31-35-39-43-47-51-57(62)56(55-61)60-58(63)52-48-44-40-36-32-28-26-30-34-38-42-46-50-54-65-59(64)53-49-45-41-37-33-29-18-16-14-12-10-8-6-4-2/h10,12,16,18,47,51,56-57,61-62H,3-9,11,13-15,17,19-46,48-50,52-55H2,1-2H3,(H,60,63)/b12-10-,18-16-,51-47+. The van der Waals surface area contributed by atoms with Crippen molar-refractivity contribution in [1.82, 2.24) is 5.32 Å². The summed E-state index contributed by atoms with van der Waals surface area (Å²) in [7, 11) is 0. The van der Waals surface area contributed by atoms with Crippen molar-refractivity contribution < 1.29 is 24.5 Å². The lowest BCUT2D eigenvalue weighted by Gasteiger charge is -2.20. The number of allylic oxidation sites excluding steroid dienone is 5. The van der Waals surface area contributed by atoms with Crippen LogP contribution in [0, 0.1) is 0 Å². The maximum absolute atomic E-state index is 12.5. The number of hydrogen-bond donors (Lipinski definition) is 3. The number of esters is 1. The minimum atomic E-state index is -0.855. The van der Waals surface area contributed by atoms with E-state index in [1.54, 1.807) is 6.08 Å². The van der Waals surface area contributed by atoms with Gasteiger partial charge in [0.1, 0.15) is 0 Å². The highest BCUT2D eigenvalue weighted by Gasteiger charge is 2.18. The fraction of sp³-hybridized carbons (Fsp3) is 0.864. The molecule has 0 bridgehead atoms. The lowest BCUT2D eigenvalue weighted by atomic mass is 10.0. The second-order valence-corrected chi connectivity index (χ2v) is 19.6. The Kier molecular flexibility index (Phi) is 53.1. The van der Waals surface area contributed by atoms with Gasteiger partial charge in [-0.3, -0.25) is 9.59 Å². The Balaban J connectivity index is 3.50. The fourth-order valence-electron chi connectivity index (χ4n) is 8.71. The summed E-state index contributed by atoms with van der Waals surface area (Å²) in [5, 5.41) is 23.2. The van der Waals surface area contributed by atoms with E-state index in [0.29, 0.717) is 19.4 Å². The molecule has 1 amide bonds. The molecule has 0 aromatic carbocycles. The largest absolute Gasteiger partial charge is 0.466 e. The van der Waals surface area contributed by atoms with E-state index in [-0.39, 0.29) is 18.5 Å². The van der Waals surface area contributed by atoms with Gasteiger partial charge in [0, 0.05) is 12.8 Å². The van der Waals surface area contributed by atoms with Gasteiger partial charge in [-0.25, -0.2) is 0 Å². The van der Waals surface area contributed by atoms with E-state index in [2.05, 4.69) is 43.5 Å². The van der Waals surface area contributed by atoms with Crippen molar-refractivity contribution in [3.8, 4) is 0 Å². The van der Waals surface area contributed by atoms with E-state index in [0.717, 1.165) is 70.6 Å². The Morgan fingerprint density at radius 2 is 0.785 bits per heavy atom. The SMILES string of the molecule is CCCC/C=C\C/C=C\CCCCCCCC(=O)OCCCCCCCCCCCCCCCC(=O)NC(CO)C(O)/C=C/CCCCCCCCCCCCCCCCCCCCC. The van der Waals surface area contributed by atoms with Crippen LogP contribution in [0.2, 0.25) is 0 Å². The molecular weight excluding hydrogens is 803 g/mol. The highest BCUT2D eigenvalue weighted by molar-refractivity contribution is 5.76. The summed E-state index contributed by atoms with van der Waals surface area (Å²) >= 11 is 0. The minimum absolute atomic E-state index is 0.0213. The van der Waals surface area contributed by atoms with Gasteiger partial charge >= 0.3 is 5.97 Å². The molecule has 0 spiro atoms. The van der Waals surface area contributed by atoms with Gasteiger partial charge in [0.25, 0.3) is 0 Å². The smallest absolute Gasteiger partial charge is 0.305 e. The number of unbranched alkanes of at least 4 members (excludes halogenated alkanes) is 38. The molecule has 0 aliphatic rings. The summed E-state index contributed by atoms with van der Waals surface area (Å²) in [6.07, 6.45) is 67.3. The maximum Gasteiger partial charge on any atom is 0.305 e. The first-order valence-corrected chi connectivity index (χ1v) is 28.8. The summed E-state index contributed by atoms with van der Waals surface area (Å²) in [6.45, 7) is 4.84. The van der Waals surface area contributed by atoms with Crippen LogP contribution >= 0.6 is 0 Å². The predicted octanol–water partition coefficient (Wildman–Crippen LogP) is 17.6. The van der Waals surface area contributed by atoms with Crippen LogP contribution in [0.3, 0.4) is 0 Å². The zero-order valence-corrected chi connectivity index (χ0v) is 43.5. The van der Waals surface area contributed by atoms with Crippen molar-refractivity contribution in [1.29, 1.82) is 0 Å². The van der Waals surface area contributed by atoms with Crippen molar-refractivity contribution >= 4 is 11.9 Å². The zero-order valence-electron chi connectivity index (χ0n) is 43.5. The molecular formula is C59H111NO5. The van der Waals surface area contributed by atoms with Crippen LogP contribution < -0.4 is 5.32 Å². The lowest BCUT2D eigenvalue weighted by Crippen LogP contribution is -2.45. The number of aliphatic hydroxyl groups is 2. The van der Waals surface area contributed by atoms with E-state index in [9.17, 15) is 19.8 Å². The molecule has 0 aliphatic heterocycles. The van der Waals surface area contributed by atoms with E-state index in [1.165, 1.54) is 205 Å². The van der Waals surface area contributed by atoms with E-state index in [1.807, 2.05) is 6.08 Å². The molecule has 0 saturated carbocycles. The van der Waals surface area contributed by atoms with Gasteiger partial charge in [-0.15, -0.1) is 0 Å². The number of carbonyl (C=O) groups is 2. The first-order valence-electron chi connectivity index (χ1n) is 28.8. The van der Waals surface area contributed by atoms with Gasteiger partial charge in [-0.1, -0.05) is 269 Å². The highest BCUT2D eigenvalue weighted by atomic mass is 16.5. The first-order chi connectivity index (χ1) is 32.0. The van der Waals surface area contributed by atoms with Crippen LogP contribution in [0.5, 0.6) is 0 Å².